The Morgan fingerprint density at radius 1 is 1.14 bits per heavy atom. The first-order chi connectivity index (χ1) is 13.5. The van der Waals surface area contributed by atoms with Gasteiger partial charge in [0.25, 0.3) is 0 Å². The van der Waals surface area contributed by atoms with Crippen molar-refractivity contribution in [3.05, 3.63) is 35.9 Å². The molecule has 0 unspecified atom stereocenters. The fraction of sp³-hybridized carbons (Fsp3) is 0.760. The summed E-state index contributed by atoms with van der Waals surface area (Å²) in [5.74, 6) is 0.622. The lowest BCUT2D eigenvalue weighted by molar-refractivity contribution is -0.0730. The molecule has 1 aliphatic rings. The lowest BCUT2D eigenvalue weighted by atomic mass is 9.66. The summed E-state index contributed by atoms with van der Waals surface area (Å²) in [6, 6.07) is 10.2. The Morgan fingerprint density at radius 2 is 1.76 bits per heavy atom. The van der Waals surface area contributed by atoms with Crippen molar-refractivity contribution in [3.63, 3.8) is 0 Å². The van der Waals surface area contributed by atoms with Gasteiger partial charge >= 0.3 is 0 Å². The van der Waals surface area contributed by atoms with Crippen LogP contribution in [-0.2, 0) is 11.3 Å². The van der Waals surface area contributed by atoms with E-state index in [1.54, 1.807) is 0 Å². The fourth-order valence-electron chi connectivity index (χ4n) is 4.82. The number of aliphatic hydroxyl groups excluding tert-OH is 2. The van der Waals surface area contributed by atoms with Gasteiger partial charge in [0.1, 0.15) is 0 Å². The quantitative estimate of drug-likeness (QED) is 0.646. The topological polar surface area (TPSA) is 52.9 Å². The second kappa shape index (κ2) is 10.4. The predicted octanol–water partition coefficient (Wildman–Crippen LogP) is 4.20. The van der Waals surface area contributed by atoms with E-state index in [-0.39, 0.29) is 41.3 Å². The van der Waals surface area contributed by atoms with Crippen molar-refractivity contribution in [3.8, 4) is 0 Å². The zero-order valence-electron chi connectivity index (χ0n) is 19.4. The number of nitrogens with zero attached hydrogens (tertiary/aromatic N) is 1. The Morgan fingerprint density at radius 3 is 2.34 bits per heavy atom. The number of benzene rings is 1. The summed E-state index contributed by atoms with van der Waals surface area (Å²) in [4.78, 5) is 2.29. The SMILES string of the molecule is CN(C[C@@H]1CC(C)(C)C[C@H](COCc2ccccc2)[C@@H]1O)C[C@H](CO)C(C)(C)C. The smallest absolute Gasteiger partial charge is 0.0717 e. The molecule has 0 heterocycles. The molecule has 1 saturated carbocycles. The Kier molecular flexibility index (Phi) is 8.72. The van der Waals surface area contributed by atoms with Crippen molar-refractivity contribution in [1.82, 2.24) is 4.90 Å². The largest absolute Gasteiger partial charge is 0.396 e. The van der Waals surface area contributed by atoms with Crippen LogP contribution in [0.1, 0.15) is 53.0 Å². The Hall–Kier alpha value is -0.940. The van der Waals surface area contributed by atoms with E-state index in [9.17, 15) is 10.2 Å². The second-order valence-corrected chi connectivity index (χ2v) is 11.1. The summed E-state index contributed by atoms with van der Waals surface area (Å²) in [7, 11) is 2.11. The molecule has 0 radical (unpaired) electrons. The van der Waals surface area contributed by atoms with Gasteiger partial charge in [-0.25, -0.2) is 0 Å². The molecule has 0 spiro atoms. The van der Waals surface area contributed by atoms with E-state index in [4.69, 9.17) is 4.74 Å². The fourth-order valence-corrected chi connectivity index (χ4v) is 4.82. The molecule has 1 aromatic carbocycles. The minimum atomic E-state index is -0.344. The van der Waals surface area contributed by atoms with Gasteiger partial charge in [0, 0.05) is 25.6 Å². The molecule has 4 heteroatoms. The van der Waals surface area contributed by atoms with E-state index in [2.05, 4.69) is 58.7 Å². The van der Waals surface area contributed by atoms with Crippen molar-refractivity contribution in [2.45, 2.75) is 60.2 Å². The molecule has 0 bridgehead atoms. The van der Waals surface area contributed by atoms with Crippen LogP contribution < -0.4 is 0 Å². The summed E-state index contributed by atoms with van der Waals surface area (Å²) in [6.45, 7) is 14.2. The van der Waals surface area contributed by atoms with Crippen LogP contribution in [0.5, 0.6) is 0 Å². The van der Waals surface area contributed by atoms with Crippen molar-refractivity contribution in [2.24, 2.45) is 28.6 Å². The van der Waals surface area contributed by atoms with Gasteiger partial charge in [0.2, 0.25) is 0 Å². The first-order valence-corrected chi connectivity index (χ1v) is 11.1. The number of ether oxygens (including phenoxy) is 1. The molecule has 29 heavy (non-hydrogen) atoms. The third-order valence-electron chi connectivity index (χ3n) is 6.56. The van der Waals surface area contributed by atoms with Gasteiger partial charge in [0.15, 0.2) is 0 Å². The minimum Gasteiger partial charge on any atom is -0.396 e. The summed E-state index contributed by atoms with van der Waals surface area (Å²) in [6.07, 6.45) is 1.67. The molecular formula is C25H43NO3. The normalized spacial score (nSPS) is 25.9. The van der Waals surface area contributed by atoms with Gasteiger partial charge in [-0.2, -0.15) is 0 Å². The van der Waals surface area contributed by atoms with Crippen LogP contribution in [0.15, 0.2) is 30.3 Å². The highest BCUT2D eigenvalue weighted by atomic mass is 16.5. The Labute approximate surface area is 178 Å². The highest BCUT2D eigenvalue weighted by molar-refractivity contribution is 5.13. The Balaban J connectivity index is 1.93. The molecule has 1 aromatic rings. The highest BCUT2D eigenvalue weighted by Crippen LogP contribution is 2.42. The van der Waals surface area contributed by atoms with E-state index in [0.717, 1.165) is 25.9 Å². The molecule has 1 fully saturated rings. The molecule has 4 atom stereocenters. The third kappa shape index (κ3) is 7.67. The van der Waals surface area contributed by atoms with Gasteiger partial charge in [-0.1, -0.05) is 65.0 Å². The molecule has 1 aliphatic carbocycles. The summed E-state index contributed by atoms with van der Waals surface area (Å²) < 4.78 is 6.00. The highest BCUT2D eigenvalue weighted by Gasteiger charge is 2.41. The zero-order chi connectivity index (χ0) is 21.7. The van der Waals surface area contributed by atoms with E-state index in [0.29, 0.717) is 13.2 Å². The molecular weight excluding hydrogens is 362 g/mol. The van der Waals surface area contributed by atoms with Gasteiger partial charge in [-0.3, -0.25) is 0 Å². The number of rotatable bonds is 9. The van der Waals surface area contributed by atoms with Crippen LogP contribution in [0, 0.1) is 28.6 Å². The number of aliphatic hydroxyl groups is 2. The van der Waals surface area contributed by atoms with Gasteiger partial charge in [-0.05, 0) is 48.1 Å². The van der Waals surface area contributed by atoms with E-state index in [1.165, 1.54) is 5.56 Å². The lowest BCUT2D eigenvalue weighted by Crippen LogP contribution is -2.47. The van der Waals surface area contributed by atoms with E-state index < -0.39 is 0 Å². The van der Waals surface area contributed by atoms with Crippen LogP contribution in [0.4, 0.5) is 0 Å². The molecule has 0 aliphatic heterocycles. The number of hydrogen-bond donors (Lipinski definition) is 2. The maximum atomic E-state index is 11.1. The molecule has 2 rings (SSSR count). The number of hydrogen-bond acceptors (Lipinski definition) is 4. The maximum absolute atomic E-state index is 11.1. The van der Waals surface area contributed by atoms with E-state index >= 15 is 0 Å². The summed E-state index contributed by atoms with van der Waals surface area (Å²) in [5.41, 5.74) is 1.44. The zero-order valence-corrected chi connectivity index (χ0v) is 19.4. The van der Waals surface area contributed by atoms with Crippen molar-refractivity contribution in [2.75, 3.05) is 33.4 Å². The second-order valence-electron chi connectivity index (χ2n) is 11.1. The van der Waals surface area contributed by atoms with Crippen LogP contribution in [0.3, 0.4) is 0 Å². The van der Waals surface area contributed by atoms with Crippen molar-refractivity contribution >= 4 is 0 Å². The third-order valence-corrected chi connectivity index (χ3v) is 6.56. The first-order valence-electron chi connectivity index (χ1n) is 11.1. The maximum Gasteiger partial charge on any atom is 0.0717 e. The van der Waals surface area contributed by atoms with Crippen molar-refractivity contribution in [1.29, 1.82) is 0 Å². The molecule has 2 N–H and O–H groups in total. The van der Waals surface area contributed by atoms with Crippen LogP contribution in [0.25, 0.3) is 0 Å². The molecule has 0 saturated heterocycles. The Bertz CT molecular complexity index is 596. The van der Waals surface area contributed by atoms with Gasteiger partial charge < -0.3 is 19.8 Å². The van der Waals surface area contributed by atoms with E-state index in [1.807, 2.05) is 18.2 Å². The molecule has 0 amide bonds. The summed E-state index contributed by atoms with van der Waals surface area (Å²) >= 11 is 0. The van der Waals surface area contributed by atoms with Gasteiger partial charge in [-0.15, -0.1) is 0 Å². The predicted molar refractivity (Wildman–Crippen MR) is 120 cm³/mol. The molecule has 166 valence electrons. The minimum absolute atomic E-state index is 0.0707. The average molecular weight is 406 g/mol. The van der Waals surface area contributed by atoms with Crippen molar-refractivity contribution < 1.29 is 14.9 Å². The monoisotopic (exact) mass is 405 g/mol. The first kappa shape index (κ1) is 24.3. The van der Waals surface area contributed by atoms with Crippen LogP contribution >= 0.6 is 0 Å². The molecule has 0 aromatic heterocycles. The molecule has 4 nitrogen and oxygen atoms in total. The summed E-state index contributed by atoms with van der Waals surface area (Å²) in [5, 5.41) is 20.9. The van der Waals surface area contributed by atoms with Crippen LogP contribution in [0.2, 0.25) is 0 Å². The standard InChI is InChI=1S/C25H43NO3/c1-24(2,3)22(16-27)15-26(6)14-20-12-25(4,5)13-21(23(20)28)18-29-17-19-10-8-7-9-11-19/h7-11,20-23,27-28H,12-18H2,1-6H3/t20-,21+,22+,23+/m0/s1. The van der Waals surface area contributed by atoms with Gasteiger partial charge in [0.05, 0.1) is 19.3 Å². The lowest BCUT2D eigenvalue weighted by Gasteiger charge is -2.45. The van der Waals surface area contributed by atoms with Crippen LogP contribution in [-0.4, -0.2) is 54.6 Å². The average Bonchev–Trinajstić information content (AvgIpc) is 2.63.